The van der Waals surface area contributed by atoms with Gasteiger partial charge in [-0.1, -0.05) is 6.92 Å². The largest absolute Gasteiger partial charge is 0.339 e. The molecule has 1 aliphatic heterocycles. The van der Waals surface area contributed by atoms with Gasteiger partial charge in [-0.3, -0.25) is 5.10 Å². The number of hydrogen-bond acceptors (Lipinski definition) is 6. The normalized spacial score (nSPS) is 23.5. The Kier molecular flexibility index (Phi) is 3.59. The van der Waals surface area contributed by atoms with Crippen LogP contribution in [-0.4, -0.2) is 43.9 Å². The summed E-state index contributed by atoms with van der Waals surface area (Å²) in [6.07, 6.45) is 5.12. The van der Waals surface area contributed by atoms with Crippen molar-refractivity contribution in [2.75, 3.05) is 23.3 Å². The molecule has 0 bridgehead atoms. The molecular weight excluding hydrogens is 328 g/mol. The van der Waals surface area contributed by atoms with E-state index in [1.807, 2.05) is 22.8 Å². The van der Waals surface area contributed by atoms with Crippen LogP contribution in [0.2, 0.25) is 0 Å². The van der Waals surface area contributed by atoms with E-state index in [0.29, 0.717) is 5.92 Å². The first-order valence-electron chi connectivity index (χ1n) is 9.35. The summed E-state index contributed by atoms with van der Waals surface area (Å²) >= 11 is 0. The van der Waals surface area contributed by atoms with Crippen molar-refractivity contribution >= 4 is 23.1 Å². The van der Waals surface area contributed by atoms with Crippen molar-refractivity contribution in [1.82, 2.24) is 24.8 Å². The minimum absolute atomic E-state index is 0.285. The highest BCUT2D eigenvalue weighted by Gasteiger charge is 2.36. The van der Waals surface area contributed by atoms with E-state index in [-0.39, 0.29) is 6.04 Å². The molecule has 0 spiro atoms. The number of nitrogens with one attached hydrogen (secondary N) is 2. The van der Waals surface area contributed by atoms with Crippen molar-refractivity contribution in [2.45, 2.75) is 38.1 Å². The summed E-state index contributed by atoms with van der Waals surface area (Å²) in [5.74, 6) is 3.72. The number of rotatable bonds is 4. The second kappa shape index (κ2) is 5.98. The number of fused-ring (bicyclic) bond motifs is 1. The number of H-pyrrole nitrogens is 1. The molecule has 136 valence electrons. The molecule has 4 heterocycles. The minimum Gasteiger partial charge on any atom is -0.339 e. The van der Waals surface area contributed by atoms with Gasteiger partial charge in [-0.15, -0.1) is 5.10 Å². The van der Waals surface area contributed by atoms with Crippen LogP contribution in [-0.2, 0) is 0 Å². The molecule has 1 aliphatic carbocycles. The lowest BCUT2D eigenvalue weighted by atomic mass is 10.1. The van der Waals surface area contributed by atoms with E-state index in [4.69, 9.17) is 10.7 Å². The lowest BCUT2D eigenvalue weighted by Crippen LogP contribution is -2.40. The Labute approximate surface area is 151 Å². The van der Waals surface area contributed by atoms with E-state index in [1.54, 1.807) is 0 Å². The summed E-state index contributed by atoms with van der Waals surface area (Å²) in [6, 6.07) is 6.37. The smallest absolute Gasteiger partial charge is 0.245 e. The zero-order valence-corrected chi connectivity index (χ0v) is 14.9. The maximum absolute atomic E-state index is 6.03. The van der Waals surface area contributed by atoms with Gasteiger partial charge in [0.1, 0.15) is 11.3 Å². The number of anilines is 3. The zero-order chi connectivity index (χ0) is 17.7. The second-order valence-electron chi connectivity index (χ2n) is 7.57. The molecule has 4 N–H and O–H groups in total. The van der Waals surface area contributed by atoms with Gasteiger partial charge in [0.2, 0.25) is 5.95 Å². The molecule has 5 rings (SSSR count). The molecule has 0 radical (unpaired) electrons. The first-order chi connectivity index (χ1) is 12.7. The summed E-state index contributed by atoms with van der Waals surface area (Å²) < 4.78 is 1.87. The molecule has 2 aliphatic rings. The van der Waals surface area contributed by atoms with Gasteiger partial charge in [0, 0.05) is 37.3 Å². The number of aromatic nitrogens is 5. The van der Waals surface area contributed by atoms with Crippen molar-refractivity contribution in [1.29, 1.82) is 0 Å². The van der Waals surface area contributed by atoms with Gasteiger partial charge in [-0.2, -0.15) is 10.1 Å². The molecule has 1 saturated heterocycles. The number of piperidine rings is 1. The van der Waals surface area contributed by atoms with Crippen LogP contribution in [0.15, 0.2) is 24.4 Å². The third-order valence-corrected chi connectivity index (χ3v) is 5.54. The Morgan fingerprint density at radius 1 is 1.31 bits per heavy atom. The van der Waals surface area contributed by atoms with Gasteiger partial charge in [0.15, 0.2) is 5.82 Å². The molecular formula is C18H24N8. The van der Waals surface area contributed by atoms with Crippen LogP contribution >= 0.6 is 0 Å². The molecule has 0 unspecified atom stereocenters. The fourth-order valence-corrected chi connectivity index (χ4v) is 3.70. The van der Waals surface area contributed by atoms with E-state index in [1.165, 1.54) is 6.42 Å². The SMILES string of the molecule is C[C@H]1C[C@@H]1c1cc(Nc2nc(N3CCC(N)CC3)nn3cccc23)[nH]n1. The summed E-state index contributed by atoms with van der Waals surface area (Å²) in [7, 11) is 0. The van der Waals surface area contributed by atoms with Crippen LogP contribution < -0.4 is 16.0 Å². The molecule has 0 aromatic carbocycles. The van der Waals surface area contributed by atoms with Crippen LogP contribution in [0.25, 0.3) is 5.52 Å². The van der Waals surface area contributed by atoms with Crippen LogP contribution in [0.5, 0.6) is 0 Å². The fraction of sp³-hybridized carbons (Fsp3) is 0.500. The molecule has 8 heteroatoms. The van der Waals surface area contributed by atoms with Crippen molar-refractivity contribution in [3.8, 4) is 0 Å². The average Bonchev–Trinajstić information content (AvgIpc) is 3.03. The Hall–Kier alpha value is -2.61. The number of nitrogens with two attached hydrogens (primary N) is 1. The highest BCUT2D eigenvalue weighted by Crippen LogP contribution is 2.46. The van der Waals surface area contributed by atoms with Gasteiger partial charge in [0.05, 0.1) is 5.69 Å². The number of hydrogen-bond donors (Lipinski definition) is 3. The zero-order valence-electron chi connectivity index (χ0n) is 14.9. The van der Waals surface area contributed by atoms with Crippen LogP contribution in [0.4, 0.5) is 17.6 Å². The van der Waals surface area contributed by atoms with E-state index < -0.39 is 0 Å². The third kappa shape index (κ3) is 2.80. The van der Waals surface area contributed by atoms with Crippen LogP contribution in [0, 0.1) is 5.92 Å². The van der Waals surface area contributed by atoms with E-state index >= 15 is 0 Å². The maximum atomic E-state index is 6.03. The number of aromatic amines is 1. The maximum Gasteiger partial charge on any atom is 0.245 e. The van der Waals surface area contributed by atoms with Gasteiger partial charge in [-0.05, 0) is 37.3 Å². The molecule has 8 nitrogen and oxygen atoms in total. The molecule has 3 aromatic rings. The quantitative estimate of drug-likeness (QED) is 0.666. The highest BCUT2D eigenvalue weighted by atomic mass is 15.4. The van der Waals surface area contributed by atoms with E-state index in [9.17, 15) is 0 Å². The van der Waals surface area contributed by atoms with Crippen molar-refractivity contribution in [2.24, 2.45) is 11.7 Å². The topological polar surface area (TPSA) is 100 Å². The predicted octanol–water partition coefficient (Wildman–Crippen LogP) is 2.25. The van der Waals surface area contributed by atoms with Crippen LogP contribution in [0.1, 0.15) is 37.8 Å². The number of nitrogens with zero attached hydrogens (tertiary/aromatic N) is 5. The first kappa shape index (κ1) is 15.6. The van der Waals surface area contributed by atoms with Crippen LogP contribution in [0.3, 0.4) is 0 Å². The average molecular weight is 352 g/mol. The Morgan fingerprint density at radius 3 is 2.88 bits per heavy atom. The van der Waals surface area contributed by atoms with E-state index in [2.05, 4.69) is 38.5 Å². The summed E-state index contributed by atoms with van der Waals surface area (Å²) in [4.78, 5) is 7.00. The predicted molar refractivity (Wildman–Crippen MR) is 101 cm³/mol. The summed E-state index contributed by atoms with van der Waals surface area (Å²) in [6.45, 7) is 4.04. The molecule has 2 fully saturated rings. The molecule has 26 heavy (non-hydrogen) atoms. The molecule has 1 saturated carbocycles. The fourth-order valence-electron chi connectivity index (χ4n) is 3.70. The highest BCUT2D eigenvalue weighted by molar-refractivity contribution is 5.73. The third-order valence-electron chi connectivity index (χ3n) is 5.54. The minimum atomic E-state index is 0.285. The summed E-state index contributed by atoms with van der Waals surface area (Å²) in [5, 5.41) is 15.6. The van der Waals surface area contributed by atoms with Gasteiger partial charge < -0.3 is 16.0 Å². The first-order valence-corrected chi connectivity index (χ1v) is 9.35. The molecule has 2 atom stereocenters. The Morgan fingerprint density at radius 2 is 2.12 bits per heavy atom. The lowest BCUT2D eigenvalue weighted by Gasteiger charge is -2.30. The summed E-state index contributed by atoms with van der Waals surface area (Å²) in [5.41, 5.74) is 8.10. The van der Waals surface area contributed by atoms with Crippen molar-refractivity contribution in [3.63, 3.8) is 0 Å². The van der Waals surface area contributed by atoms with Crippen molar-refractivity contribution in [3.05, 3.63) is 30.1 Å². The van der Waals surface area contributed by atoms with E-state index in [0.717, 1.165) is 60.6 Å². The van der Waals surface area contributed by atoms with Gasteiger partial charge in [0.25, 0.3) is 0 Å². The second-order valence-corrected chi connectivity index (χ2v) is 7.57. The van der Waals surface area contributed by atoms with Crippen molar-refractivity contribution < 1.29 is 0 Å². The molecule has 3 aromatic heterocycles. The van der Waals surface area contributed by atoms with Gasteiger partial charge >= 0.3 is 0 Å². The Bertz CT molecular complexity index is 920. The van der Waals surface area contributed by atoms with Gasteiger partial charge in [-0.25, -0.2) is 4.52 Å². The standard InChI is InChI=1S/C18H24N8/c1-11-9-13(11)14-10-16(23-22-14)20-17-15-3-2-6-26(15)24-18(21-17)25-7-4-12(19)5-8-25/h2-3,6,10-13H,4-5,7-9,19H2,1H3,(H2,20,21,22,23,24)/t11-,13-/m0/s1. The monoisotopic (exact) mass is 352 g/mol. The molecule has 0 amide bonds. The lowest BCUT2D eigenvalue weighted by molar-refractivity contribution is 0.493. The Balaban J connectivity index is 1.44.